The monoisotopic (exact) mass is 483 g/mol. The van der Waals surface area contributed by atoms with Crippen molar-refractivity contribution in [1.29, 1.82) is 0 Å². The summed E-state index contributed by atoms with van der Waals surface area (Å²) in [6.07, 6.45) is 3.73. The third-order valence-electron chi connectivity index (χ3n) is 4.37. The number of carbonyl (C=O) groups excluding carboxylic acids is 2. The van der Waals surface area contributed by atoms with Gasteiger partial charge in [0.1, 0.15) is 5.60 Å². The summed E-state index contributed by atoms with van der Waals surface area (Å²) >= 11 is 12.3. The molecule has 0 spiro atoms. The van der Waals surface area contributed by atoms with Crippen LogP contribution in [0.4, 0.5) is 5.69 Å². The number of para-hydroxylation sites is 1. The minimum atomic E-state index is -0.585. The average molecular weight is 484 g/mol. The molecule has 0 aliphatic rings. The molecule has 0 aliphatic carbocycles. The first kappa shape index (κ1) is 24.5. The first-order valence-electron chi connectivity index (χ1n) is 10.2. The highest BCUT2D eigenvalue weighted by molar-refractivity contribution is 6.40. The number of hydrogen-bond donors (Lipinski definition) is 1. The van der Waals surface area contributed by atoms with Gasteiger partial charge < -0.3 is 5.32 Å². The average Bonchev–Trinajstić information content (AvgIpc) is 2.76. The van der Waals surface area contributed by atoms with Crippen LogP contribution in [0.2, 0.25) is 10.0 Å². The summed E-state index contributed by atoms with van der Waals surface area (Å²) in [4.78, 5) is 34.7. The number of nitrogens with one attached hydrogen (secondary N) is 1. The molecule has 1 N–H and O–H groups in total. The van der Waals surface area contributed by atoms with E-state index in [1.54, 1.807) is 69.3 Å². The number of halogens is 2. The molecular weight excluding hydrogens is 461 g/mol. The first-order chi connectivity index (χ1) is 15.6. The highest BCUT2D eigenvalue weighted by Gasteiger charge is 2.17. The Morgan fingerprint density at radius 3 is 2.12 bits per heavy atom. The van der Waals surface area contributed by atoms with Gasteiger partial charge >= 0.3 is 5.97 Å². The van der Waals surface area contributed by atoms with E-state index in [1.165, 1.54) is 0 Å². The topological polar surface area (TPSA) is 64.6 Å². The normalized spacial score (nSPS) is 11.4. The van der Waals surface area contributed by atoms with Crippen LogP contribution in [0, 0.1) is 0 Å². The minimum Gasteiger partial charge on any atom is -0.321 e. The second-order valence-corrected chi connectivity index (χ2v) is 8.97. The van der Waals surface area contributed by atoms with E-state index in [-0.39, 0.29) is 15.6 Å². The molecule has 0 aromatic heterocycles. The lowest BCUT2D eigenvalue weighted by Crippen LogP contribution is -2.21. The molecule has 0 fully saturated rings. The maximum absolute atomic E-state index is 12.7. The molecule has 0 atom stereocenters. The van der Waals surface area contributed by atoms with Gasteiger partial charge in [0.15, 0.2) is 0 Å². The Morgan fingerprint density at radius 1 is 0.848 bits per heavy atom. The molecular formula is C26H23Cl2NO4. The van der Waals surface area contributed by atoms with Crippen LogP contribution in [-0.4, -0.2) is 17.5 Å². The van der Waals surface area contributed by atoms with Gasteiger partial charge in [0.05, 0.1) is 21.2 Å². The van der Waals surface area contributed by atoms with Crippen LogP contribution in [0.1, 0.15) is 52.6 Å². The fraction of sp³-hybridized carbons (Fsp3) is 0.154. The van der Waals surface area contributed by atoms with Gasteiger partial charge in [0, 0.05) is 5.69 Å². The van der Waals surface area contributed by atoms with Gasteiger partial charge in [0.25, 0.3) is 5.91 Å². The maximum atomic E-state index is 12.7. The summed E-state index contributed by atoms with van der Waals surface area (Å²) in [5.41, 5.74) is 2.26. The van der Waals surface area contributed by atoms with Crippen LogP contribution in [0.3, 0.4) is 0 Å². The predicted octanol–water partition coefficient (Wildman–Crippen LogP) is 7.30. The van der Waals surface area contributed by atoms with Crippen molar-refractivity contribution in [2.75, 3.05) is 5.32 Å². The van der Waals surface area contributed by atoms with E-state index in [0.29, 0.717) is 11.3 Å². The Kier molecular flexibility index (Phi) is 7.92. The van der Waals surface area contributed by atoms with E-state index in [4.69, 9.17) is 33.0 Å². The van der Waals surface area contributed by atoms with Gasteiger partial charge in [-0.15, -0.1) is 0 Å². The lowest BCUT2D eigenvalue weighted by Gasteiger charge is -2.16. The van der Waals surface area contributed by atoms with Gasteiger partial charge in [0.2, 0.25) is 0 Å². The molecule has 33 heavy (non-hydrogen) atoms. The van der Waals surface area contributed by atoms with Crippen molar-refractivity contribution in [3.8, 4) is 0 Å². The number of rotatable bonds is 6. The van der Waals surface area contributed by atoms with Crippen LogP contribution in [-0.2, 0) is 9.78 Å². The third-order valence-corrected chi connectivity index (χ3v) is 5.00. The lowest BCUT2D eigenvalue weighted by molar-refractivity contribution is -0.301. The van der Waals surface area contributed by atoms with E-state index in [1.807, 2.05) is 30.4 Å². The van der Waals surface area contributed by atoms with Crippen LogP contribution in [0.15, 0.2) is 66.7 Å². The zero-order valence-corrected chi connectivity index (χ0v) is 19.9. The molecule has 1 amide bonds. The molecule has 0 unspecified atom stereocenters. The summed E-state index contributed by atoms with van der Waals surface area (Å²) in [6.45, 7) is 5.37. The predicted molar refractivity (Wildman–Crippen MR) is 132 cm³/mol. The third kappa shape index (κ3) is 6.93. The minimum absolute atomic E-state index is 0.220. The van der Waals surface area contributed by atoms with Crippen molar-refractivity contribution in [3.05, 3.63) is 99.0 Å². The van der Waals surface area contributed by atoms with E-state index in [0.717, 1.165) is 11.1 Å². The molecule has 7 heteroatoms. The van der Waals surface area contributed by atoms with E-state index in [9.17, 15) is 9.59 Å². The summed E-state index contributed by atoms with van der Waals surface area (Å²) < 4.78 is 0. The summed E-state index contributed by atoms with van der Waals surface area (Å²) in [6, 6.07) is 19.1. The Hall–Kier alpha value is -3.12. The van der Waals surface area contributed by atoms with Crippen molar-refractivity contribution in [2.45, 2.75) is 26.4 Å². The Bertz CT molecular complexity index is 1160. The van der Waals surface area contributed by atoms with Crippen LogP contribution in [0.5, 0.6) is 0 Å². The quantitative estimate of drug-likeness (QED) is 0.227. The Morgan fingerprint density at radius 2 is 1.48 bits per heavy atom. The Balaban J connectivity index is 1.72. The van der Waals surface area contributed by atoms with Gasteiger partial charge in [-0.05, 0) is 62.2 Å². The lowest BCUT2D eigenvalue weighted by atomic mass is 10.1. The van der Waals surface area contributed by atoms with Crippen LogP contribution < -0.4 is 5.32 Å². The van der Waals surface area contributed by atoms with Gasteiger partial charge in [-0.2, -0.15) is 4.89 Å². The van der Waals surface area contributed by atoms with Crippen molar-refractivity contribution in [1.82, 2.24) is 0 Å². The molecule has 170 valence electrons. The number of amides is 1. The van der Waals surface area contributed by atoms with Crippen LogP contribution >= 0.6 is 23.2 Å². The van der Waals surface area contributed by atoms with Crippen molar-refractivity contribution in [3.63, 3.8) is 0 Å². The molecule has 0 radical (unpaired) electrons. The van der Waals surface area contributed by atoms with Crippen molar-refractivity contribution < 1.29 is 19.4 Å². The number of hydrogen-bond acceptors (Lipinski definition) is 4. The van der Waals surface area contributed by atoms with E-state index in [2.05, 4.69) is 5.32 Å². The summed E-state index contributed by atoms with van der Waals surface area (Å²) in [5, 5.41) is 3.42. The van der Waals surface area contributed by atoms with Gasteiger partial charge in [-0.1, -0.05) is 71.8 Å². The molecule has 0 saturated carbocycles. The molecule has 3 aromatic carbocycles. The smallest absolute Gasteiger partial charge is 0.321 e. The molecule has 3 rings (SSSR count). The van der Waals surface area contributed by atoms with Crippen molar-refractivity contribution >= 4 is 52.9 Å². The number of benzene rings is 3. The number of carbonyl (C=O) groups is 2. The van der Waals surface area contributed by atoms with Gasteiger partial charge in [-0.25, -0.2) is 4.79 Å². The summed E-state index contributed by atoms with van der Waals surface area (Å²) in [5.74, 6) is -0.960. The molecule has 0 bridgehead atoms. The fourth-order valence-electron chi connectivity index (χ4n) is 2.78. The number of anilines is 1. The van der Waals surface area contributed by atoms with E-state index >= 15 is 0 Å². The Labute approximate surface area is 202 Å². The summed E-state index contributed by atoms with van der Waals surface area (Å²) in [7, 11) is 0. The maximum Gasteiger partial charge on any atom is 0.373 e. The zero-order valence-electron chi connectivity index (χ0n) is 18.4. The molecule has 0 aliphatic heterocycles. The van der Waals surface area contributed by atoms with E-state index < -0.39 is 17.5 Å². The molecule has 0 saturated heterocycles. The van der Waals surface area contributed by atoms with Gasteiger partial charge in [-0.3, -0.25) is 9.68 Å². The second kappa shape index (κ2) is 10.7. The molecule has 0 heterocycles. The van der Waals surface area contributed by atoms with Crippen LogP contribution in [0.25, 0.3) is 12.2 Å². The first-order valence-corrected chi connectivity index (χ1v) is 10.9. The highest BCUT2D eigenvalue weighted by Crippen LogP contribution is 2.26. The molecule has 5 nitrogen and oxygen atoms in total. The fourth-order valence-corrected chi connectivity index (χ4v) is 3.35. The van der Waals surface area contributed by atoms with Crippen molar-refractivity contribution in [2.24, 2.45) is 0 Å². The zero-order chi connectivity index (χ0) is 24.0. The standard InChI is InChI=1S/C26H23Cl2NO4/c1-26(2,3)33-32-25(31)19-15-12-17(13-16-19)11-14-18-7-4-5-10-22(18)29-24(30)23-20(27)8-6-9-21(23)28/h4-16H,1-3H3,(H,29,30). The highest BCUT2D eigenvalue weighted by atomic mass is 35.5. The second-order valence-electron chi connectivity index (χ2n) is 8.16. The SMILES string of the molecule is CC(C)(C)OOC(=O)c1ccc(C=Cc2ccccc2NC(=O)c2c(Cl)cccc2Cl)cc1. The largest absolute Gasteiger partial charge is 0.373 e. The molecule has 3 aromatic rings.